The van der Waals surface area contributed by atoms with Gasteiger partial charge < -0.3 is 10.6 Å². The molecule has 0 spiro atoms. The number of piperidine rings is 1. The molecule has 0 bridgehead atoms. The first-order chi connectivity index (χ1) is 10.5. The molecule has 23 heavy (non-hydrogen) atoms. The molecule has 1 unspecified atom stereocenters. The smallest absolute Gasteiger partial charge is 0.252 e. The number of amides is 1. The van der Waals surface area contributed by atoms with Crippen molar-refractivity contribution < 1.29 is 13.2 Å². The summed E-state index contributed by atoms with van der Waals surface area (Å²) in [6, 6.07) is 6.40. The zero-order valence-corrected chi connectivity index (χ0v) is 15.0. The summed E-state index contributed by atoms with van der Waals surface area (Å²) < 4.78 is 24.1. The number of hydrogen-bond donors (Lipinski definition) is 2. The van der Waals surface area contributed by atoms with Gasteiger partial charge in [-0.25, -0.2) is 8.42 Å². The summed E-state index contributed by atoms with van der Waals surface area (Å²) in [6.45, 7) is 4.23. The van der Waals surface area contributed by atoms with Gasteiger partial charge in [-0.3, -0.25) is 4.79 Å². The molecular formula is C16H25ClN2O3S. The van der Waals surface area contributed by atoms with Gasteiger partial charge in [0.2, 0.25) is 0 Å². The van der Waals surface area contributed by atoms with Gasteiger partial charge in [0.15, 0.2) is 9.84 Å². The minimum absolute atomic E-state index is 0. The molecule has 0 aromatic heterocycles. The fraction of sp³-hybridized carbons (Fsp3) is 0.562. The number of carbonyl (C=O) groups excluding carboxylic acids is 1. The minimum atomic E-state index is -3.39. The molecule has 1 fully saturated rings. The van der Waals surface area contributed by atoms with E-state index < -0.39 is 9.84 Å². The van der Waals surface area contributed by atoms with Crippen LogP contribution in [-0.2, 0) is 9.84 Å². The van der Waals surface area contributed by atoms with Crippen molar-refractivity contribution in [2.75, 3.05) is 25.4 Å². The highest BCUT2D eigenvalue weighted by Gasteiger charge is 2.20. The van der Waals surface area contributed by atoms with Crippen LogP contribution in [0.1, 0.15) is 36.5 Å². The molecule has 7 heteroatoms. The summed E-state index contributed by atoms with van der Waals surface area (Å²) >= 11 is 0. The van der Waals surface area contributed by atoms with Crippen LogP contribution < -0.4 is 10.6 Å². The molecule has 0 aliphatic carbocycles. The molecule has 1 saturated heterocycles. The van der Waals surface area contributed by atoms with Gasteiger partial charge in [-0.1, -0.05) is 19.1 Å². The average Bonchev–Trinajstić information content (AvgIpc) is 2.55. The van der Waals surface area contributed by atoms with Gasteiger partial charge in [-0.2, -0.15) is 0 Å². The van der Waals surface area contributed by atoms with Crippen LogP contribution in [0.15, 0.2) is 29.2 Å². The van der Waals surface area contributed by atoms with Crippen LogP contribution in [-0.4, -0.2) is 39.7 Å². The van der Waals surface area contributed by atoms with Gasteiger partial charge in [0.1, 0.15) is 0 Å². The number of rotatable bonds is 6. The zero-order chi connectivity index (χ0) is 16.0. The lowest BCUT2D eigenvalue weighted by Gasteiger charge is -2.22. The normalized spacial score (nSPS) is 18.0. The number of nitrogens with one attached hydrogen (secondary N) is 2. The first-order valence-corrected chi connectivity index (χ1v) is 9.50. The second kappa shape index (κ2) is 9.25. The summed E-state index contributed by atoms with van der Waals surface area (Å²) in [5.41, 5.74) is 0.242. The van der Waals surface area contributed by atoms with Gasteiger partial charge in [0, 0.05) is 6.54 Å². The molecule has 1 heterocycles. The van der Waals surface area contributed by atoms with E-state index in [1.165, 1.54) is 18.9 Å². The maximum absolute atomic E-state index is 12.3. The molecule has 1 atom stereocenters. The van der Waals surface area contributed by atoms with Gasteiger partial charge in [0.25, 0.3) is 5.91 Å². The highest BCUT2D eigenvalue weighted by Crippen LogP contribution is 2.17. The Morgan fingerprint density at radius 1 is 1.35 bits per heavy atom. The Hall–Kier alpha value is -1.11. The lowest BCUT2D eigenvalue weighted by atomic mass is 9.96. The summed E-state index contributed by atoms with van der Waals surface area (Å²) in [7, 11) is -3.39. The number of benzene rings is 1. The van der Waals surface area contributed by atoms with E-state index in [4.69, 9.17) is 0 Å². The number of sulfone groups is 1. The second-order valence-electron chi connectivity index (χ2n) is 5.66. The molecule has 1 aromatic carbocycles. The predicted molar refractivity (Wildman–Crippen MR) is 94.0 cm³/mol. The van der Waals surface area contributed by atoms with Gasteiger partial charge >= 0.3 is 0 Å². The molecule has 1 amide bonds. The van der Waals surface area contributed by atoms with Crippen molar-refractivity contribution >= 4 is 28.2 Å². The third-order valence-corrected chi connectivity index (χ3v) is 5.87. The van der Waals surface area contributed by atoms with Crippen LogP contribution in [0, 0.1) is 5.92 Å². The van der Waals surface area contributed by atoms with E-state index in [1.54, 1.807) is 25.1 Å². The van der Waals surface area contributed by atoms with Crippen LogP contribution in [0.4, 0.5) is 0 Å². The molecule has 1 aliphatic heterocycles. The minimum Gasteiger partial charge on any atom is -0.352 e. The Kier molecular flexibility index (Phi) is 8.02. The first-order valence-electron chi connectivity index (χ1n) is 7.85. The summed E-state index contributed by atoms with van der Waals surface area (Å²) in [4.78, 5) is 12.4. The molecule has 0 radical (unpaired) electrons. The van der Waals surface area contributed by atoms with Crippen molar-refractivity contribution in [2.45, 2.75) is 31.1 Å². The third kappa shape index (κ3) is 5.48. The maximum Gasteiger partial charge on any atom is 0.252 e. The van der Waals surface area contributed by atoms with Crippen molar-refractivity contribution in [3.63, 3.8) is 0 Å². The van der Waals surface area contributed by atoms with Crippen molar-refractivity contribution in [3.8, 4) is 0 Å². The standard InChI is InChI=1S/C16H24N2O3S.ClH/c1-2-22(20,21)15-8-4-3-7-14(15)16(19)18-11-9-13-6-5-10-17-12-13;/h3-4,7-8,13,17H,2,5-6,9-12H2,1H3,(H,18,19);1H. The van der Waals surface area contributed by atoms with Crippen molar-refractivity contribution in [2.24, 2.45) is 5.92 Å². The lowest BCUT2D eigenvalue weighted by Crippen LogP contribution is -2.33. The van der Waals surface area contributed by atoms with Crippen LogP contribution in [0.2, 0.25) is 0 Å². The van der Waals surface area contributed by atoms with E-state index in [0.717, 1.165) is 19.5 Å². The summed E-state index contributed by atoms with van der Waals surface area (Å²) in [5, 5.41) is 6.20. The SMILES string of the molecule is CCS(=O)(=O)c1ccccc1C(=O)NCCC1CCCNC1.Cl. The Balaban J connectivity index is 0.00000264. The Labute approximate surface area is 144 Å². The van der Waals surface area contributed by atoms with Crippen LogP contribution in [0.3, 0.4) is 0 Å². The summed E-state index contributed by atoms with van der Waals surface area (Å²) in [5.74, 6) is 0.269. The maximum atomic E-state index is 12.3. The molecule has 1 aliphatic rings. The van der Waals surface area contributed by atoms with E-state index in [1.807, 2.05) is 0 Å². The summed E-state index contributed by atoms with van der Waals surface area (Å²) in [6.07, 6.45) is 3.28. The van der Waals surface area contributed by atoms with E-state index in [9.17, 15) is 13.2 Å². The monoisotopic (exact) mass is 360 g/mol. The third-order valence-electron chi connectivity index (χ3n) is 4.08. The Bertz CT molecular complexity index is 614. The highest BCUT2D eigenvalue weighted by atomic mass is 35.5. The fourth-order valence-electron chi connectivity index (χ4n) is 2.74. The lowest BCUT2D eigenvalue weighted by molar-refractivity contribution is 0.0947. The average molecular weight is 361 g/mol. The first kappa shape index (κ1) is 19.9. The molecule has 0 saturated carbocycles. The largest absolute Gasteiger partial charge is 0.352 e. The zero-order valence-electron chi connectivity index (χ0n) is 13.4. The molecule has 5 nitrogen and oxygen atoms in total. The van der Waals surface area contributed by atoms with Crippen LogP contribution in [0.5, 0.6) is 0 Å². The van der Waals surface area contributed by atoms with Crippen LogP contribution in [0.25, 0.3) is 0 Å². The Morgan fingerprint density at radius 3 is 2.74 bits per heavy atom. The van der Waals surface area contributed by atoms with Crippen molar-refractivity contribution in [1.82, 2.24) is 10.6 Å². The molecule has 1 aromatic rings. The van der Waals surface area contributed by atoms with E-state index in [2.05, 4.69) is 10.6 Å². The van der Waals surface area contributed by atoms with E-state index >= 15 is 0 Å². The predicted octanol–water partition coefficient (Wildman–Crippen LogP) is 2.02. The van der Waals surface area contributed by atoms with Crippen LogP contribution >= 0.6 is 12.4 Å². The molecule has 130 valence electrons. The highest BCUT2D eigenvalue weighted by molar-refractivity contribution is 7.91. The molecular weight excluding hydrogens is 336 g/mol. The fourth-order valence-corrected chi connectivity index (χ4v) is 3.83. The molecule has 2 N–H and O–H groups in total. The van der Waals surface area contributed by atoms with E-state index in [-0.39, 0.29) is 34.5 Å². The van der Waals surface area contributed by atoms with Gasteiger partial charge in [0.05, 0.1) is 16.2 Å². The molecule has 2 rings (SSSR count). The topological polar surface area (TPSA) is 75.3 Å². The van der Waals surface area contributed by atoms with Gasteiger partial charge in [-0.05, 0) is 50.4 Å². The quantitative estimate of drug-likeness (QED) is 0.813. The van der Waals surface area contributed by atoms with Gasteiger partial charge in [-0.15, -0.1) is 12.4 Å². The number of hydrogen-bond acceptors (Lipinski definition) is 4. The Morgan fingerprint density at radius 2 is 2.09 bits per heavy atom. The number of halogens is 1. The number of carbonyl (C=O) groups is 1. The van der Waals surface area contributed by atoms with Crippen molar-refractivity contribution in [3.05, 3.63) is 29.8 Å². The van der Waals surface area contributed by atoms with Crippen molar-refractivity contribution in [1.29, 1.82) is 0 Å². The van der Waals surface area contributed by atoms with E-state index in [0.29, 0.717) is 12.5 Å². The second-order valence-corrected chi connectivity index (χ2v) is 7.90.